The highest BCUT2D eigenvalue weighted by Gasteiger charge is 2.30. The number of benzene rings is 1. The number of carbonyl (C=O) groups is 1. The van der Waals surface area contributed by atoms with Crippen molar-refractivity contribution in [1.29, 1.82) is 0 Å². The lowest BCUT2D eigenvalue weighted by atomic mass is 10.0. The van der Waals surface area contributed by atoms with Crippen LogP contribution in [0.5, 0.6) is 0 Å². The molecule has 1 unspecified atom stereocenters. The van der Waals surface area contributed by atoms with Gasteiger partial charge in [-0.15, -0.1) is 6.58 Å². The number of rotatable bonds is 6. The van der Waals surface area contributed by atoms with Crippen LogP contribution in [0.4, 0.5) is 0 Å². The molecular weight excluding hydrogens is 300 g/mol. The maximum atomic E-state index is 12.7. The van der Waals surface area contributed by atoms with Crippen molar-refractivity contribution in [2.45, 2.75) is 45.1 Å². The van der Waals surface area contributed by atoms with Crippen molar-refractivity contribution in [3.63, 3.8) is 0 Å². The fraction of sp³-hybridized carbons (Fsp3) is 0.500. The quantitative estimate of drug-likeness (QED) is 0.748. The summed E-state index contributed by atoms with van der Waals surface area (Å²) >= 11 is 0. The first-order chi connectivity index (χ1) is 11.7. The first kappa shape index (κ1) is 16.7. The van der Waals surface area contributed by atoms with Crippen molar-refractivity contribution in [2.24, 2.45) is 11.1 Å². The molecule has 0 N–H and O–H groups in total. The topological polar surface area (TPSA) is 41.9 Å². The summed E-state index contributed by atoms with van der Waals surface area (Å²) in [5.74, 6) is 0.434. The third-order valence-electron chi connectivity index (χ3n) is 4.91. The predicted molar refractivity (Wildman–Crippen MR) is 95.9 cm³/mol. The SMILES string of the molecule is C=CCN(CC1CC(c2ccc(C)cc2)=NO1)C(=O)C1CCCC1. The molecule has 1 amide bonds. The van der Waals surface area contributed by atoms with Crippen LogP contribution in [0.3, 0.4) is 0 Å². The van der Waals surface area contributed by atoms with Crippen molar-refractivity contribution in [2.75, 3.05) is 13.1 Å². The largest absolute Gasteiger partial charge is 0.390 e. The average Bonchev–Trinajstić information content (AvgIpc) is 3.26. The molecule has 0 saturated heterocycles. The summed E-state index contributed by atoms with van der Waals surface area (Å²) in [4.78, 5) is 20.2. The van der Waals surface area contributed by atoms with Crippen molar-refractivity contribution in [3.05, 3.63) is 48.0 Å². The van der Waals surface area contributed by atoms with Crippen LogP contribution in [0.25, 0.3) is 0 Å². The van der Waals surface area contributed by atoms with Crippen molar-refractivity contribution in [3.8, 4) is 0 Å². The number of hydrogen-bond donors (Lipinski definition) is 0. The van der Waals surface area contributed by atoms with Crippen molar-refractivity contribution < 1.29 is 9.63 Å². The Morgan fingerprint density at radius 3 is 2.71 bits per heavy atom. The Hall–Kier alpha value is -2.10. The van der Waals surface area contributed by atoms with E-state index < -0.39 is 0 Å². The zero-order chi connectivity index (χ0) is 16.9. The maximum absolute atomic E-state index is 12.7. The van der Waals surface area contributed by atoms with E-state index in [4.69, 9.17) is 4.84 Å². The van der Waals surface area contributed by atoms with Crippen LogP contribution in [0.2, 0.25) is 0 Å². The molecule has 1 heterocycles. The zero-order valence-corrected chi connectivity index (χ0v) is 14.4. The lowest BCUT2D eigenvalue weighted by Crippen LogP contribution is -2.40. The molecule has 1 aromatic carbocycles. The molecule has 3 rings (SSSR count). The molecule has 0 bridgehead atoms. The van der Waals surface area contributed by atoms with Crippen LogP contribution in [0.1, 0.15) is 43.2 Å². The summed E-state index contributed by atoms with van der Waals surface area (Å²) in [6, 6.07) is 8.31. The molecule has 1 aromatic rings. The van der Waals surface area contributed by atoms with E-state index in [-0.39, 0.29) is 17.9 Å². The van der Waals surface area contributed by atoms with Gasteiger partial charge in [-0.3, -0.25) is 4.79 Å². The molecule has 1 aliphatic carbocycles. The molecule has 0 radical (unpaired) electrons. The molecule has 2 aliphatic rings. The Morgan fingerprint density at radius 1 is 1.33 bits per heavy atom. The highest BCUT2D eigenvalue weighted by molar-refractivity contribution is 6.01. The smallest absolute Gasteiger partial charge is 0.226 e. The lowest BCUT2D eigenvalue weighted by molar-refractivity contribution is -0.136. The van der Waals surface area contributed by atoms with Crippen molar-refractivity contribution in [1.82, 2.24) is 4.90 Å². The van der Waals surface area contributed by atoms with Gasteiger partial charge in [0.2, 0.25) is 5.91 Å². The van der Waals surface area contributed by atoms with Gasteiger partial charge in [0, 0.05) is 18.9 Å². The van der Waals surface area contributed by atoms with Gasteiger partial charge in [-0.05, 0) is 25.3 Å². The monoisotopic (exact) mass is 326 g/mol. The van der Waals surface area contributed by atoms with Gasteiger partial charge in [-0.2, -0.15) is 0 Å². The van der Waals surface area contributed by atoms with Crippen LogP contribution >= 0.6 is 0 Å². The molecule has 24 heavy (non-hydrogen) atoms. The molecular formula is C20H26N2O2. The normalized spacial score (nSPS) is 20.5. The van der Waals surface area contributed by atoms with E-state index in [2.05, 4.69) is 42.9 Å². The fourth-order valence-electron chi connectivity index (χ4n) is 3.53. The van der Waals surface area contributed by atoms with E-state index in [9.17, 15) is 4.79 Å². The summed E-state index contributed by atoms with van der Waals surface area (Å²) in [6.07, 6.45) is 6.84. The number of aryl methyl sites for hydroxylation is 1. The maximum Gasteiger partial charge on any atom is 0.226 e. The van der Waals surface area contributed by atoms with Gasteiger partial charge < -0.3 is 9.74 Å². The van der Waals surface area contributed by atoms with Crippen molar-refractivity contribution >= 4 is 11.6 Å². The second kappa shape index (κ2) is 7.65. The minimum atomic E-state index is -0.0633. The predicted octanol–water partition coefficient (Wildman–Crippen LogP) is 3.69. The summed E-state index contributed by atoms with van der Waals surface area (Å²) in [5, 5.41) is 4.24. The Kier molecular flexibility index (Phi) is 5.34. The van der Waals surface area contributed by atoms with E-state index in [1.807, 2.05) is 4.90 Å². The third-order valence-corrected chi connectivity index (χ3v) is 4.91. The van der Waals surface area contributed by atoms with Gasteiger partial charge in [-0.25, -0.2) is 0 Å². The molecule has 128 valence electrons. The Bertz CT molecular complexity index is 615. The van der Waals surface area contributed by atoms with E-state index in [1.54, 1.807) is 6.08 Å². The Balaban J connectivity index is 1.59. The lowest BCUT2D eigenvalue weighted by Gasteiger charge is -2.26. The minimum Gasteiger partial charge on any atom is -0.390 e. The third kappa shape index (κ3) is 3.86. The zero-order valence-electron chi connectivity index (χ0n) is 14.4. The number of amides is 1. The number of carbonyl (C=O) groups excluding carboxylic acids is 1. The second-order valence-electron chi connectivity index (χ2n) is 6.85. The first-order valence-corrected chi connectivity index (χ1v) is 8.87. The summed E-state index contributed by atoms with van der Waals surface area (Å²) in [7, 11) is 0. The standard InChI is InChI=1S/C20H26N2O2/c1-3-12-22(20(23)17-6-4-5-7-17)14-18-13-19(21-24-18)16-10-8-15(2)9-11-16/h3,8-11,17-18H,1,4-7,12-14H2,2H3. The molecule has 4 nitrogen and oxygen atoms in total. The Labute approximate surface area is 144 Å². The molecule has 4 heteroatoms. The van der Waals surface area contributed by atoms with Gasteiger partial charge in [0.05, 0.1) is 12.3 Å². The molecule has 1 aliphatic heterocycles. The summed E-state index contributed by atoms with van der Waals surface area (Å²) in [5.41, 5.74) is 3.29. The van der Waals surface area contributed by atoms with Gasteiger partial charge in [0.1, 0.15) is 0 Å². The highest BCUT2D eigenvalue weighted by Crippen LogP contribution is 2.27. The Morgan fingerprint density at radius 2 is 2.04 bits per heavy atom. The van der Waals surface area contributed by atoms with Crippen LogP contribution in [-0.2, 0) is 9.63 Å². The second-order valence-corrected chi connectivity index (χ2v) is 6.85. The van der Waals surface area contributed by atoms with E-state index in [1.165, 1.54) is 18.4 Å². The molecule has 0 aromatic heterocycles. The van der Waals surface area contributed by atoms with Gasteiger partial charge in [0.15, 0.2) is 6.10 Å². The number of oxime groups is 1. The van der Waals surface area contributed by atoms with E-state index in [0.717, 1.165) is 30.5 Å². The average molecular weight is 326 g/mol. The van der Waals surface area contributed by atoms with Gasteiger partial charge >= 0.3 is 0 Å². The van der Waals surface area contributed by atoms with Gasteiger partial charge in [0.25, 0.3) is 0 Å². The van der Waals surface area contributed by atoms with E-state index in [0.29, 0.717) is 13.1 Å². The fourth-order valence-corrected chi connectivity index (χ4v) is 3.53. The first-order valence-electron chi connectivity index (χ1n) is 8.87. The molecule has 0 spiro atoms. The number of hydrogen-bond acceptors (Lipinski definition) is 3. The molecule has 1 fully saturated rings. The van der Waals surface area contributed by atoms with Crippen LogP contribution in [0.15, 0.2) is 42.1 Å². The highest BCUT2D eigenvalue weighted by atomic mass is 16.6. The summed E-state index contributed by atoms with van der Waals surface area (Å²) in [6.45, 7) is 7.02. The molecule has 1 atom stereocenters. The van der Waals surface area contributed by atoms with Gasteiger partial charge in [-0.1, -0.05) is 53.9 Å². The minimum absolute atomic E-state index is 0.0633. The summed E-state index contributed by atoms with van der Waals surface area (Å²) < 4.78 is 0. The van der Waals surface area contributed by atoms with Crippen LogP contribution in [0, 0.1) is 12.8 Å². The van der Waals surface area contributed by atoms with Crippen LogP contribution < -0.4 is 0 Å². The molecule has 1 saturated carbocycles. The van der Waals surface area contributed by atoms with E-state index >= 15 is 0 Å². The number of nitrogens with zero attached hydrogens (tertiary/aromatic N) is 2. The van der Waals surface area contributed by atoms with Crippen LogP contribution in [-0.4, -0.2) is 35.7 Å².